The minimum Gasteiger partial charge on any atom is -0.385 e. The quantitative estimate of drug-likeness (QED) is 0.530. The van der Waals surface area contributed by atoms with E-state index < -0.39 is 0 Å². The molecule has 1 atom stereocenters. The van der Waals surface area contributed by atoms with Gasteiger partial charge in [0.25, 0.3) is 0 Å². The van der Waals surface area contributed by atoms with E-state index in [0.29, 0.717) is 6.04 Å². The molecule has 4 heteroatoms. The maximum Gasteiger partial charge on any atom is 0.0589 e. The largest absolute Gasteiger partial charge is 0.385 e. The molecular formula is C13H30N2O2. The number of ether oxygens (including phenoxy) is 2. The van der Waals surface area contributed by atoms with Gasteiger partial charge in [0.05, 0.1) is 6.61 Å². The number of rotatable bonds is 12. The Kier molecular flexibility index (Phi) is 12.2. The summed E-state index contributed by atoms with van der Waals surface area (Å²) in [5.41, 5.74) is 5.92. The summed E-state index contributed by atoms with van der Waals surface area (Å²) in [5, 5.41) is 0. The predicted octanol–water partition coefficient (Wildman–Crippen LogP) is 1.49. The van der Waals surface area contributed by atoms with Crippen LogP contribution in [0.25, 0.3) is 0 Å². The van der Waals surface area contributed by atoms with Crippen molar-refractivity contribution >= 4 is 0 Å². The van der Waals surface area contributed by atoms with Gasteiger partial charge in [0.15, 0.2) is 0 Å². The van der Waals surface area contributed by atoms with Crippen LogP contribution in [0.1, 0.15) is 32.6 Å². The lowest BCUT2D eigenvalue weighted by Crippen LogP contribution is -2.31. The van der Waals surface area contributed by atoms with Crippen LogP contribution in [0.15, 0.2) is 0 Å². The molecule has 0 aromatic heterocycles. The summed E-state index contributed by atoms with van der Waals surface area (Å²) in [6, 6.07) is 0.359. The van der Waals surface area contributed by atoms with Crippen molar-refractivity contribution in [3.05, 3.63) is 0 Å². The first-order chi connectivity index (χ1) is 8.24. The average molecular weight is 246 g/mol. The van der Waals surface area contributed by atoms with Crippen molar-refractivity contribution in [3.63, 3.8) is 0 Å². The van der Waals surface area contributed by atoms with E-state index in [1.165, 1.54) is 6.42 Å². The molecule has 17 heavy (non-hydrogen) atoms. The van der Waals surface area contributed by atoms with E-state index in [-0.39, 0.29) is 0 Å². The van der Waals surface area contributed by atoms with Crippen LogP contribution in [0.2, 0.25) is 0 Å². The molecule has 4 nitrogen and oxygen atoms in total. The molecule has 0 aliphatic carbocycles. The first kappa shape index (κ1) is 16.8. The molecule has 0 aliphatic heterocycles. The van der Waals surface area contributed by atoms with Crippen molar-refractivity contribution in [1.82, 2.24) is 4.90 Å². The Morgan fingerprint density at radius 1 is 1.00 bits per heavy atom. The van der Waals surface area contributed by atoms with E-state index in [4.69, 9.17) is 15.2 Å². The summed E-state index contributed by atoms with van der Waals surface area (Å²) in [6.07, 6.45) is 4.44. The second-order valence-electron chi connectivity index (χ2n) is 4.49. The van der Waals surface area contributed by atoms with E-state index in [0.717, 1.165) is 52.1 Å². The van der Waals surface area contributed by atoms with Crippen LogP contribution in [0.3, 0.4) is 0 Å². The van der Waals surface area contributed by atoms with Gasteiger partial charge in [0, 0.05) is 40.0 Å². The molecule has 1 unspecified atom stereocenters. The molecule has 0 aromatic carbocycles. The van der Waals surface area contributed by atoms with Crippen LogP contribution in [0.5, 0.6) is 0 Å². The Hall–Kier alpha value is -0.160. The van der Waals surface area contributed by atoms with Crippen molar-refractivity contribution in [3.8, 4) is 0 Å². The van der Waals surface area contributed by atoms with Crippen LogP contribution in [0, 0.1) is 0 Å². The molecule has 0 aliphatic rings. The third kappa shape index (κ3) is 10.7. The second-order valence-corrected chi connectivity index (χ2v) is 4.49. The zero-order chi connectivity index (χ0) is 12.9. The molecule has 0 spiro atoms. The van der Waals surface area contributed by atoms with Crippen molar-refractivity contribution in [2.24, 2.45) is 5.73 Å². The van der Waals surface area contributed by atoms with Gasteiger partial charge in [0.2, 0.25) is 0 Å². The number of nitrogens with two attached hydrogens (primary N) is 1. The first-order valence-electron chi connectivity index (χ1n) is 6.70. The fourth-order valence-corrected chi connectivity index (χ4v) is 1.77. The molecule has 104 valence electrons. The standard InChI is InChI=1S/C13H30N2O2/c1-4-13(14)7-5-8-15(10-12-17-3)9-6-11-16-2/h13H,4-12,14H2,1-3H3. The number of hydrogen-bond acceptors (Lipinski definition) is 4. The van der Waals surface area contributed by atoms with Crippen molar-refractivity contribution in [2.45, 2.75) is 38.6 Å². The Balaban J connectivity index is 3.67. The van der Waals surface area contributed by atoms with Crippen LogP contribution >= 0.6 is 0 Å². The molecule has 0 saturated carbocycles. The van der Waals surface area contributed by atoms with Crippen molar-refractivity contribution in [1.29, 1.82) is 0 Å². The van der Waals surface area contributed by atoms with E-state index in [9.17, 15) is 0 Å². The third-order valence-corrected chi connectivity index (χ3v) is 3.01. The molecule has 2 N–H and O–H groups in total. The summed E-state index contributed by atoms with van der Waals surface area (Å²) in [5.74, 6) is 0. The normalized spacial score (nSPS) is 13.2. The zero-order valence-corrected chi connectivity index (χ0v) is 11.8. The van der Waals surface area contributed by atoms with Gasteiger partial charge >= 0.3 is 0 Å². The molecule has 0 fully saturated rings. The Morgan fingerprint density at radius 3 is 2.24 bits per heavy atom. The molecule has 0 amide bonds. The highest BCUT2D eigenvalue weighted by atomic mass is 16.5. The van der Waals surface area contributed by atoms with Crippen LogP contribution < -0.4 is 5.73 Å². The minimum absolute atomic E-state index is 0.359. The van der Waals surface area contributed by atoms with Gasteiger partial charge in [-0.05, 0) is 32.2 Å². The second kappa shape index (κ2) is 12.3. The van der Waals surface area contributed by atoms with Crippen LogP contribution in [0.4, 0.5) is 0 Å². The number of nitrogens with zero attached hydrogens (tertiary/aromatic N) is 1. The van der Waals surface area contributed by atoms with Gasteiger partial charge in [0.1, 0.15) is 0 Å². The maximum absolute atomic E-state index is 5.92. The topological polar surface area (TPSA) is 47.7 Å². The summed E-state index contributed by atoms with van der Waals surface area (Å²) in [7, 11) is 3.50. The Bertz CT molecular complexity index is 156. The highest BCUT2D eigenvalue weighted by molar-refractivity contribution is 4.63. The lowest BCUT2D eigenvalue weighted by atomic mass is 10.1. The van der Waals surface area contributed by atoms with E-state index in [1.54, 1.807) is 14.2 Å². The smallest absolute Gasteiger partial charge is 0.0589 e. The van der Waals surface area contributed by atoms with E-state index in [1.807, 2.05) is 0 Å². The van der Waals surface area contributed by atoms with Crippen LogP contribution in [-0.4, -0.2) is 58.0 Å². The average Bonchev–Trinajstić information content (AvgIpc) is 2.35. The van der Waals surface area contributed by atoms with Crippen molar-refractivity contribution in [2.75, 3.05) is 47.1 Å². The molecule has 0 rings (SSSR count). The molecule has 0 heterocycles. The summed E-state index contributed by atoms with van der Waals surface area (Å²) in [4.78, 5) is 2.44. The maximum atomic E-state index is 5.92. The minimum atomic E-state index is 0.359. The fraction of sp³-hybridized carbons (Fsp3) is 1.00. The zero-order valence-electron chi connectivity index (χ0n) is 11.8. The van der Waals surface area contributed by atoms with Gasteiger partial charge in [-0.25, -0.2) is 0 Å². The first-order valence-corrected chi connectivity index (χ1v) is 6.70. The van der Waals surface area contributed by atoms with Gasteiger partial charge in [-0.3, -0.25) is 0 Å². The van der Waals surface area contributed by atoms with Crippen molar-refractivity contribution < 1.29 is 9.47 Å². The molecule has 0 bridgehead atoms. The van der Waals surface area contributed by atoms with E-state index in [2.05, 4.69) is 11.8 Å². The monoisotopic (exact) mass is 246 g/mol. The number of hydrogen-bond donors (Lipinski definition) is 1. The van der Waals surface area contributed by atoms with Gasteiger partial charge in [-0.15, -0.1) is 0 Å². The summed E-state index contributed by atoms with van der Waals surface area (Å²) in [6.45, 7) is 6.97. The van der Waals surface area contributed by atoms with E-state index >= 15 is 0 Å². The fourth-order valence-electron chi connectivity index (χ4n) is 1.77. The SMILES string of the molecule is CCC(N)CCCN(CCCOC)CCOC. The predicted molar refractivity (Wildman–Crippen MR) is 72.3 cm³/mol. The molecular weight excluding hydrogens is 216 g/mol. The third-order valence-electron chi connectivity index (χ3n) is 3.01. The highest BCUT2D eigenvalue weighted by Crippen LogP contribution is 2.02. The van der Waals surface area contributed by atoms with Gasteiger partial charge in [-0.2, -0.15) is 0 Å². The lowest BCUT2D eigenvalue weighted by molar-refractivity contribution is 0.131. The molecule has 0 saturated heterocycles. The molecule has 0 aromatic rings. The Morgan fingerprint density at radius 2 is 1.65 bits per heavy atom. The summed E-state index contributed by atoms with van der Waals surface area (Å²) >= 11 is 0. The van der Waals surface area contributed by atoms with Crippen LogP contribution in [-0.2, 0) is 9.47 Å². The highest BCUT2D eigenvalue weighted by Gasteiger charge is 2.06. The molecule has 0 radical (unpaired) electrons. The number of methoxy groups -OCH3 is 2. The Labute approximate surface area is 106 Å². The lowest BCUT2D eigenvalue weighted by Gasteiger charge is -2.22. The summed E-state index contributed by atoms with van der Waals surface area (Å²) < 4.78 is 10.2. The van der Waals surface area contributed by atoms with Gasteiger partial charge < -0.3 is 20.1 Å². The van der Waals surface area contributed by atoms with Gasteiger partial charge in [-0.1, -0.05) is 6.92 Å².